The summed E-state index contributed by atoms with van der Waals surface area (Å²) in [4.78, 5) is 10.4. The van der Waals surface area contributed by atoms with Crippen molar-refractivity contribution in [2.75, 3.05) is 33.9 Å². The molecule has 0 aromatic carbocycles. The van der Waals surface area contributed by atoms with E-state index < -0.39 is 0 Å². The first-order valence-corrected chi connectivity index (χ1v) is 4.21. The fourth-order valence-electron chi connectivity index (χ4n) is 0.871. The summed E-state index contributed by atoms with van der Waals surface area (Å²) in [6.45, 7) is 1.79. The fraction of sp³-hybridized carbons (Fsp3) is 0.875. The molecule has 0 aliphatic rings. The van der Waals surface area contributed by atoms with Gasteiger partial charge in [0.1, 0.15) is 0 Å². The van der Waals surface area contributed by atoms with Crippen molar-refractivity contribution < 1.29 is 14.3 Å². The highest BCUT2D eigenvalue weighted by Crippen LogP contribution is 1.88. The molecule has 1 amide bonds. The van der Waals surface area contributed by atoms with Crippen LogP contribution in [0.5, 0.6) is 0 Å². The molecule has 1 unspecified atom stereocenters. The van der Waals surface area contributed by atoms with Crippen molar-refractivity contribution in [1.29, 1.82) is 0 Å². The van der Waals surface area contributed by atoms with Gasteiger partial charge >= 0.3 is 0 Å². The van der Waals surface area contributed by atoms with Crippen LogP contribution in [0.15, 0.2) is 0 Å². The molecular formula is C8H18N2O3. The lowest BCUT2D eigenvalue weighted by Gasteiger charge is -2.14. The van der Waals surface area contributed by atoms with Crippen LogP contribution in [-0.2, 0) is 14.3 Å². The Morgan fingerprint density at radius 2 is 2.23 bits per heavy atom. The van der Waals surface area contributed by atoms with Gasteiger partial charge in [-0.1, -0.05) is 0 Å². The second-order valence-electron chi connectivity index (χ2n) is 2.73. The van der Waals surface area contributed by atoms with Crippen LogP contribution in [0.2, 0.25) is 0 Å². The summed E-state index contributed by atoms with van der Waals surface area (Å²) >= 11 is 0. The Morgan fingerprint density at radius 3 is 2.69 bits per heavy atom. The number of hydrogen-bond acceptors (Lipinski definition) is 4. The molecule has 0 aliphatic carbocycles. The van der Waals surface area contributed by atoms with E-state index in [1.807, 2.05) is 0 Å². The Labute approximate surface area is 78.6 Å². The van der Waals surface area contributed by atoms with Gasteiger partial charge < -0.3 is 20.5 Å². The Bertz CT molecular complexity index is 141. The van der Waals surface area contributed by atoms with Crippen molar-refractivity contribution in [2.24, 2.45) is 5.73 Å². The molecule has 5 nitrogen and oxygen atoms in total. The van der Waals surface area contributed by atoms with Crippen LogP contribution in [0.4, 0.5) is 0 Å². The summed E-state index contributed by atoms with van der Waals surface area (Å²) < 4.78 is 10.0. The topological polar surface area (TPSA) is 73.6 Å². The number of carbonyl (C=O) groups is 1. The Hall–Kier alpha value is -0.650. The van der Waals surface area contributed by atoms with Crippen LogP contribution in [0.1, 0.15) is 6.42 Å². The maximum Gasteiger partial charge on any atom is 0.218 e. The third kappa shape index (κ3) is 7.70. The molecule has 3 N–H and O–H groups in total. The number of amides is 1. The monoisotopic (exact) mass is 190 g/mol. The fourth-order valence-corrected chi connectivity index (χ4v) is 0.871. The highest BCUT2D eigenvalue weighted by atomic mass is 16.5. The predicted molar refractivity (Wildman–Crippen MR) is 49.4 cm³/mol. The highest BCUT2D eigenvalue weighted by molar-refractivity contribution is 5.73. The Kier molecular flexibility index (Phi) is 7.57. The first-order valence-electron chi connectivity index (χ1n) is 4.21. The first-order chi connectivity index (χ1) is 6.20. The van der Waals surface area contributed by atoms with Gasteiger partial charge in [0.2, 0.25) is 5.91 Å². The van der Waals surface area contributed by atoms with E-state index >= 15 is 0 Å². The maximum absolute atomic E-state index is 10.4. The van der Waals surface area contributed by atoms with Gasteiger partial charge in [-0.15, -0.1) is 0 Å². The highest BCUT2D eigenvalue weighted by Gasteiger charge is 2.05. The van der Waals surface area contributed by atoms with Crippen LogP contribution in [0.3, 0.4) is 0 Å². The molecule has 78 valence electrons. The molecule has 0 fully saturated rings. The lowest BCUT2D eigenvalue weighted by atomic mass is 10.3. The zero-order valence-corrected chi connectivity index (χ0v) is 8.21. The Morgan fingerprint density at radius 1 is 1.54 bits per heavy atom. The third-order valence-electron chi connectivity index (χ3n) is 1.61. The molecule has 0 radical (unpaired) electrons. The molecule has 13 heavy (non-hydrogen) atoms. The van der Waals surface area contributed by atoms with Gasteiger partial charge in [0.15, 0.2) is 0 Å². The molecule has 0 saturated heterocycles. The van der Waals surface area contributed by atoms with Crippen LogP contribution >= 0.6 is 0 Å². The molecule has 0 bridgehead atoms. The first kappa shape index (κ1) is 12.3. The van der Waals surface area contributed by atoms with Gasteiger partial charge in [-0.05, 0) is 0 Å². The molecule has 0 rings (SSSR count). The second-order valence-corrected chi connectivity index (χ2v) is 2.73. The second kappa shape index (κ2) is 7.97. The SMILES string of the molecule is COCC(CNCCC(N)=O)OC. The minimum absolute atomic E-state index is 0.0258. The number of methoxy groups -OCH3 is 2. The lowest BCUT2D eigenvalue weighted by molar-refractivity contribution is -0.117. The van der Waals surface area contributed by atoms with Crippen molar-refractivity contribution in [3.8, 4) is 0 Å². The molecule has 5 heteroatoms. The average Bonchev–Trinajstić information content (AvgIpc) is 2.10. The number of carbonyl (C=O) groups excluding carboxylic acids is 1. The standard InChI is InChI=1S/C8H18N2O3/c1-12-6-7(13-2)5-10-4-3-8(9)11/h7,10H,3-6H2,1-2H3,(H2,9,11). The minimum atomic E-state index is -0.298. The largest absolute Gasteiger partial charge is 0.382 e. The van der Waals surface area contributed by atoms with E-state index in [-0.39, 0.29) is 12.0 Å². The van der Waals surface area contributed by atoms with Crippen molar-refractivity contribution >= 4 is 5.91 Å². The van der Waals surface area contributed by atoms with E-state index in [1.165, 1.54) is 0 Å². The summed E-state index contributed by atoms with van der Waals surface area (Å²) in [5.74, 6) is -0.298. The van der Waals surface area contributed by atoms with Crippen LogP contribution < -0.4 is 11.1 Å². The van der Waals surface area contributed by atoms with E-state index in [4.69, 9.17) is 15.2 Å². The quantitative estimate of drug-likeness (QED) is 0.487. The van der Waals surface area contributed by atoms with E-state index in [9.17, 15) is 4.79 Å². The smallest absolute Gasteiger partial charge is 0.218 e. The average molecular weight is 190 g/mol. The summed E-state index contributed by atoms with van der Waals surface area (Å²) in [6, 6.07) is 0. The zero-order chi connectivity index (χ0) is 10.1. The van der Waals surface area contributed by atoms with Crippen molar-refractivity contribution in [1.82, 2.24) is 5.32 Å². The van der Waals surface area contributed by atoms with Gasteiger partial charge in [0.05, 0.1) is 12.7 Å². The molecule has 0 heterocycles. The van der Waals surface area contributed by atoms with Crippen molar-refractivity contribution in [2.45, 2.75) is 12.5 Å². The van der Waals surface area contributed by atoms with Gasteiger partial charge in [0, 0.05) is 33.7 Å². The van der Waals surface area contributed by atoms with E-state index in [0.29, 0.717) is 26.1 Å². The van der Waals surface area contributed by atoms with Gasteiger partial charge in [-0.3, -0.25) is 4.79 Å². The van der Waals surface area contributed by atoms with Gasteiger partial charge in [-0.2, -0.15) is 0 Å². The molecule has 0 aromatic heterocycles. The third-order valence-corrected chi connectivity index (χ3v) is 1.61. The predicted octanol–water partition coefficient (Wildman–Crippen LogP) is -0.887. The van der Waals surface area contributed by atoms with Crippen LogP contribution in [0.25, 0.3) is 0 Å². The number of primary amides is 1. The summed E-state index contributed by atoms with van der Waals surface area (Å²) in [7, 11) is 3.24. The lowest BCUT2D eigenvalue weighted by Crippen LogP contribution is -2.33. The number of rotatable bonds is 8. The maximum atomic E-state index is 10.4. The normalized spacial score (nSPS) is 12.8. The van der Waals surface area contributed by atoms with E-state index in [0.717, 1.165) is 0 Å². The van der Waals surface area contributed by atoms with Gasteiger partial charge in [-0.25, -0.2) is 0 Å². The summed E-state index contributed by atoms with van der Waals surface area (Å²) in [6.07, 6.45) is 0.376. The van der Waals surface area contributed by atoms with E-state index in [2.05, 4.69) is 5.32 Å². The number of nitrogens with two attached hydrogens (primary N) is 1. The molecule has 0 saturated carbocycles. The Balaban J connectivity index is 3.32. The molecule has 0 spiro atoms. The number of ether oxygens (including phenoxy) is 2. The molecule has 0 aromatic rings. The zero-order valence-electron chi connectivity index (χ0n) is 8.21. The molecule has 0 aliphatic heterocycles. The molecular weight excluding hydrogens is 172 g/mol. The summed E-state index contributed by atoms with van der Waals surface area (Å²) in [5, 5.41) is 3.05. The van der Waals surface area contributed by atoms with Crippen molar-refractivity contribution in [3.05, 3.63) is 0 Å². The molecule has 1 atom stereocenters. The van der Waals surface area contributed by atoms with Crippen LogP contribution in [0, 0.1) is 0 Å². The summed E-state index contributed by atoms with van der Waals surface area (Å²) in [5.41, 5.74) is 4.97. The minimum Gasteiger partial charge on any atom is -0.382 e. The van der Waals surface area contributed by atoms with Gasteiger partial charge in [0.25, 0.3) is 0 Å². The van der Waals surface area contributed by atoms with Crippen LogP contribution in [-0.4, -0.2) is 45.9 Å². The number of hydrogen-bond donors (Lipinski definition) is 2. The van der Waals surface area contributed by atoms with E-state index in [1.54, 1.807) is 14.2 Å². The number of nitrogens with one attached hydrogen (secondary N) is 1. The van der Waals surface area contributed by atoms with Crippen molar-refractivity contribution in [3.63, 3.8) is 0 Å².